The molecule has 2 aromatic rings. The Kier molecular flexibility index (Phi) is 2.75. The van der Waals surface area contributed by atoms with Crippen LogP contribution >= 0.6 is 22.9 Å². The number of aliphatic carboxylic acids is 1. The predicted molar refractivity (Wildman–Crippen MR) is 63.5 cm³/mol. The molecule has 2 nitrogen and oxygen atoms in total. The fourth-order valence-electron chi connectivity index (χ4n) is 1.28. The number of hydrogen-bond acceptors (Lipinski definition) is 2. The van der Waals surface area contributed by atoms with Gasteiger partial charge in [-0.3, -0.25) is 0 Å². The molecule has 0 amide bonds. The van der Waals surface area contributed by atoms with Crippen molar-refractivity contribution >= 4 is 45.1 Å². The van der Waals surface area contributed by atoms with Gasteiger partial charge in [0.15, 0.2) is 0 Å². The molecule has 1 aromatic carbocycles. The van der Waals surface area contributed by atoms with Crippen LogP contribution in [0.25, 0.3) is 16.2 Å². The lowest BCUT2D eigenvalue weighted by Gasteiger charge is -1.89. The Morgan fingerprint density at radius 2 is 2.27 bits per heavy atom. The van der Waals surface area contributed by atoms with E-state index in [1.807, 2.05) is 24.3 Å². The highest BCUT2D eigenvalue weighted by molar-refractivity contribution is 7.20. The number of rotatable bonds is 2. The molecule has 0 aliphatic heterocycles. The zero-order valence-electron chi connectivity index (χ0n) is 7.61. The van der Waals surface area contributed by atoms with Crippen molar-refractivity contribution in [1.82, 2.24) is 0 Å². The first kappa shape index (κ1) is 10.2. The van der Waals surface area contributed by atoms with Gasteiger partial charge in [0.1, 0.15) is 0 Å². The maximum atomic E-state index is 10.3. The second-order valence-electron chi connectivity index (χ2n) is 2.98. The molecule has 0 unspecified atom stereocenters. The highest BCUT2D eigenvalue weighted by Gasteiger charge is 2.02. The zero-order valence-corrected chi connectivity index (χ0v) is 9.18. The molecule has 76 valence electrons. The minimum absolute atomic E-state index is 0.701. The summed E-state index contributed by atoms with van der Waals surface area (Å²) in [5.74, 6) is -0.946. The first-order chi connectivity index (χ1) is 7.16. The first-order valence-electron chi connectivity index (χ1n) is 4.26. The molecule has 0 atom stereocenters. The summed E-state index contributed by atoms with van der Waals surface area (Å²) >= 11 is 7.49. The van der Waals surface area contributed by atoms with Crippen LogP contribution in [0.4, 0.5) is 0 Å². The Labute approximate surface area is 95.4 Å². The Balaban J connectivity index is 2.48. The van der Waals surface area contributed by atoms with Crippen molar-refractivity contribution in [2.45, 2.75) is 0 Å². The highest BCUT2D eigenvalue weighted by atomic mass is 35.5. The molecule has 0 aliphatic carbocycles. The Hall–Kier alpha value is -1.32. The van der Waals surface area contributed by atoms with Crippen LogP contribution in [0.2, 0.25) is 5.02 Å². The molecule has 0 saturated carbocycles. The minimum Gasteiger partial charge on any atom is -0.478 e. The summed E-state index contributed by atoms with van der Waals surface area (Å²) in [5, 5.41) is 10.2. The van der Waals surface area contributed by atoms with E-state index in [-0.39, 0.29) is 0 Å². The Morgan fingerprint density at radius 1 is 1.47 bits per heavy atom. The molecule has 0 aliphatic rings. The Bertz CT molecular complexity index is 543. The van der Waals surface area contributed by atoms with E-state index in [9.17, 15) is 4.79 Å². The van der Waals surface area contributed by atoms with E-state index >= 15 is 0 Å². The summed E-state index contributed by atoms with van der Waals surface area (Å²) in [6.45, 7) is 0. The summed E-state index contributed by atoms with van der Waals surface area (Å²) in [4.78, 5) is 11.2. The van der Waals surface area contributed by atoms with Crippen LogP contribution < -0.4 is 0 Å². The average molecular weight is 239 g/mol. The van der Waals surface area contributed by atoms with Gasteiger partial charge in [-0.05, 0) is 23.6 Å². The van der Waals surface area contributed by atoms with Gasteiger partial charge in [-0.25, -0.2) is 4.79 Å². The number of fused-ring (bicyclic) bond motifs is 1. The van der Waals surface area contributed by atoms with Gasteiger partial charge in [0, 0.05) is 11.0 Å². The molecule has 15 heavy (non-hydrogen) atoms. The fourth-order valence-corrected chi connectivity index (χ4v) is 2.55. The van der Waals surface area contributed by atoms with Gasteiger partial charge in [-0.15, -0.1) is 11.3 Å². The molecular weight excluding hydrogens is 232 g/mol. The van der Waals surface area contributed by atoms with E-state index in [0.29, 0.717) is 5.02 Å². The van der Waals surface area contributed by atoms with Crippen molar-refractivity contribution in [2.24, 2.45) is 0 Å². The van der Waals surface area contributed by atoms with Crippen LogP contribution in [0.15, 0.2) is 30.3 Å². The number of carbonyl (C=O) groups is 1. The molecule has 0 saturated heterocycles. The monoisotopic (exact) mass is 238 g/mol. The topological polar surface area (TPSA) is 37.3 Å². The summed E-state index contributed by atoms with van der Waals surface area (Å²) in [6, 6.07) is 7.58. The third kappa shape index (κ3) is 2.19. The lowest BCUT2D eigenvalue weighted by Crippen LogP contribution is -1.84. The van der Waals surface area contributed by atoms with Crippen LogP contribution in [0.3, 0.4) is 0 Å². The largest absolute Gasteiger partial charge is 0.478 e. The number of carboxylic acids is 1. The van der Waals surface area contributed by atoms with Gasteiger partial charge in [0.2, 0.25) is 0 Å². The molecule has 0 bridgehead atoms. The zero-order chi connectivity index (χ0) is 10.8. The second-order valence-corrected chi connectivity index (χ2v) is 4.47. The van der Waals surface area contributed by atoms with E-state index in [1.165, 1.54) is 11.3 Å². The third-order valence-corrected chi connectivity index (χ3v) is 3.48. The average Bonchev–Trinajstić information content (AvgIpc) is 2.59. The maximum Gasteiger partial charge on any atom is 0.328 e. The van der Waals surface area contributed by atoms with Gasteiger partial charge in [0.25, 0.3) is 0 Å². The van der Waals surface area contributed by atoms with Crippen molar-refractivity contribution < 1.29 is 9.90 Å². The van der Waals surface area contributed by atoms with Crippen molar-refractivity contribution in [3.63, 3.8) is 0 Å². The standard InChI is InChI=1S/C11H7ClO2S/c12-9-3-1-2-7-6-8(15-11(7)9)4-5-10(13)14/h1-6H,(H,13,14). The van der Waals surface area contributed by atoms with Crippen LogP contribution in [0.5, 0.6) is 0 Å². The number of benzene rings is 1. The molecule has 1 heterocycles. The number of hydrogen-bond donors (Lipinski definition) is 1. The van der Waals surface area contributed by atoms with E-state index in [1.54, 1.807) is 6.08 Å². The normalized spacial score (nSPS) is 11.3. The molecular formula is C11H7ClO2S. The summed E-state index contributed by atoms with van der Waals surface area (Å²) in [6.07, 6.45) is 2.70. The van der Waals surface area contributed by atoms with Gasteiger partial charge in [-0.1, -0.05) is 23.7 Å². The number of thiophene rings is 1. The fraction of sp³-hybridized carbons (Fsp3) is 0. The maximum absolute atomic E-state index is 10.3. The van der Waals surface area contributed by atoms with Crippen molar-refractivity contribution in [2.75, 3.05) is 0 Å². The lowest BCUT2D eigenvalue weighted by atomic mass is 10.2. The molecule has 4 heteroatoms. The van der Waals surface area contributed by atoms with Crippen LogP contribution in [-0.2, 0) is 4.79 Å². The van der Waals surface area contributed by atoms with Crippen LogP contribution in [0, 0.1) is 0 Å². The second kappa shape index (κ2) is 4.04. The summed E-state index contributed by atoms with van der Waals surface area (Å²) in [5.41, 5.74) is 0. The van der Waals surface area contributed by atoms with Crippen molar-refractivity contribution in [3.8, 4) is 0 Å². The van der Waals surface area contributed by atoms with E-state index in [4.69, 9.17) is 16.7 Å². The van der Waals surface area contributed by atoms with Crippen molar-refractivity contribution in [1.29, 1.82) is 0 Å². The molecule has 1 N–H and O–H groups in total. The van der Waals surface area contributed by atoms with Crippen molar-refractivity contribution in [3.05, 3.63) is 40.2 Å². The molecule has 0 spiro atoms. The van der Waals surface area contributed by atoms with E-state index < -0.39 is 5.97 Å². The SMILES string of the molecule is O=C(O)C=Cc1cc2cccc(Cl)c2s1. The van der Waals surface area contributed by atoms with Gasteiger partial charge < -0.3 is 5.11 Å². The van der Waals surface area contributed by atoms with E-state index in [2.05, 4.69) is 0 Å². The molecule has 0 radical (unpaired) electrons. The highest BCUT2D eigenvalue weighted by Crippen LogP contribution is 2.32. The van der Waals surface area contributed by atoms with Gasteiger partial charge in [0.05, 0.1) is 9.72 Å². The predicted octanol–water partition coefficient (Wildman–Crippen LogP) is 3.65. The summed E-state index contributed by atoms with van der Waals surface area (Å²) < 4.78 is 0.990. The molecule has 0 fully saturated rings. The third-order valence-electron chi connectivity index (χ3n) is 1.91. The number of halogens is 1. The Morgan fingerprint density at radius 3 is 2.93 bits per heavy atom. The first-order valence-corrected chi connectivity index (χ1v) is 5.45. The number of carboxylic acid groups (broad SMARTS) is 1. The van der Waals surface area contributed by atoms with Crippen LogP contribution in [0.1, 0.15) is 4.88 Å². The van der Waals surface area contributed by atoms with E-state index in [0.717, 1.165) is 21.0 Å². The van der Waals surface area contributed by atoms with Crippen LogP contribution in [-0.4, -0.2) is 11.1 Å². The quantitative estimate of drug-likeness (QED) is 0.811. The molecule has 2 rings (SSSR count). The van der Waals surface area contributed by atoms with Gasteiger partial charge in [-0.2, -0.15) is 0 Å². The van der Waals surface area contributed by atoms with Gasteiger partial charge >= 0.3 is 5.97 Å². The smallest absolute Gasteiger partial charge is 0.328 e. The summed E-state index contributed by atoms with van der Waals surface area (Å²) in [7, 11) is 0. The lowest BCUT2D eigenvalue weighted by molar-refractivity contribution is -0.131. The minimum atomic E-state index is -0.946. The molecule has 1 aromatic heterocycles.